The molecule has 0 heterocycles. The number of hydrogen-bond acceptors (Lipinski definition) is 3. The van der Waals surface area contributed by atoms with E-state index < -0.39 is 35.9 Å². The Labute approximate surface area is 139 Å². The second kappa shape index (κ2) is 12.3. The lowest BCUT2D eigenvalue weighted by atomic mass is 10.1. The molecule has 1 aromatic rings. The summed E-state index contributed by atoms with van der Waals surface area (Å²) < 4.78 is 53.1. The van der Waals surface area contributed by atoms with E-state index in [1.165, 1.54) is 18.2 Å². The van der Waals surface area contributed by atoms with Crippen molar-refractivity contribution in [2.45, 2.75) is 40.8 Å². The number of esters is 1. The molecular weight excluding hydrogens is 328 g/mol. The van der Waals surface area contributed by atoms with Crippen molar-refractivity contribution in [1.82, 2.24) is 0 Å². The molecule has 0 saturated heterocycles. The van der Waals surface area contributed by atoms with Crippen molar-refractivity contribution in [3.63, 3.8) is 0 Å². The number of carbonyl (C=O) groups excluding carboxylic acids is 2. The Hall–Kier alpha value is -2.18. The van der Waals surface area contributed by atoms with Crippen LogP contribution in [-0.4, -0.2) is 24.5 Å². The molecule has 24 heavy (non-hydrogen) atoms. The molecule has 7 heteroatoms. The molecule has 1 rings (SSSR count). The van der Waals surface area contributed by atoms with Crippen molar-refractivity contribution < 1.29 is 31.9 Å². The number of benzene rings is 1. The van der Waals surface area contributed by atoms with Crippen LogP contribution in [0.2, 0.25) is 0 Å². The van der Waals surface area contributed by atoms with Gasteiger partial charge >= 0.3 is 12.1 Å². The summed E-state index contributed by atoms with van der Waals surface area (Å²) in [4.78, 5) is 22.7. The second-order valence-corrected chi connectivity index (χ2v) is 3.83. The number of Topliss-reactive ketones (excluding diaryl/α,β-unsaturated/α-hetero) is 1. The van der Waals surface area contributed by atoms with E-state index >= 15 is 0 Å². The Morgan fingerprint density at radius 3 is 2.00 bits per heavy atom. The van der Waals surface area contributed by atoms with Gasteiger partial charge in [-0.15, -0.1) is 0 Å². The van der Waals surface area contributed by atoms with Crippen LogP contribution in [0.5, 0.6) is 0 Å². The maximum atomic E-state index is 13.4. The zero-order valence-electron chi connectivity index (χ0n) is 14.3. The summed E-state index contributed by atoms with van der Waals surface area (Å²) in [5, 5.41) is 0. The van der Waals surface area contributed by atoms with Crippen LogP contribution in [0, 0.1) is 5.82 Å². The smallest absolute Gasteiger partial charge is 0.422 e. The average molecular weight is 350 g/mol. The zero-order chi connectivity index (χ0) is 19.3. The molecule has 3 nitrogen and oxygen atoms in total. The van der Waals surface area contributed by atoms with E-state index in [4.69, 9.17) is 0 Å². The average Bonchev–Trinajstić information content (AvgIpc) is 2.54. The Bertz CT molecular complexity index is 549. The summed E-state index contributed by atoms with van der Waals surface area (Å²) >= 11 is 0. The second-order valence-electron chi connectivity index (χ2n) is 3.83. The van der Waals surface area contributed by atoms with Gasteiger partial charge in [-0.2, -0.15) is 13.2 Å². The summed E-state index contributed by atoms with van der Waals surface area (Å²) in [6.07, 6.45) is -3.84. The van der Waals surface area contributed by atoms with Crippen LogP contribution in [0.15, 0.2) is 29.8 Å². The lowest BCUT2D eigenvalue weighted by Gasteiger charge is -2.08. The van der Waals surface area contributed by atoms with E-state index in [1.807, 2.05) is 27.7 Å². The molecule has 0 N–H and O–H groups in total. The van der Waals surface area contributed by atoms with Gasteiger partial charge < -0.3 is 4.74 Å². The topological polar surface area (TPSA) is 43.4 Å². The molecule has 0 radical (unpaired) electrons. The Kier molecular flexibility index (Phi) is 12.3. The van der Waals surface area contributed by atoms with Crippen molar-refractivity contribution in [3.8, 4) is 0 Å². The van der Waals surface area contributed by atoms with E-state index in [0.29, 0.717) is 0 Å². The first-order valence-electron chi connectivity index (χ1n) is 7.42. The van der Waals surface area contributed by atoms with Crippen LogP contribution in [0.3, 0.4) is 0 Å². The van der Waals surface area contributed by atoms with Crippen LogP contribution in [0.4, 0.5) is 17.6 Å². The maximum absolute atomic E-state index is 13.4. The fraction of sp³-hybridized carbons (Fsp3) is 0.412. The van der Waals surface area contributed by atoms with Crippen molar-refractivity contribution >= 4 is 17.8 Å². The number of ketones is 1. The summed E-state index contributed by atoms with van der Waals surface area (Å²) in [7, 11) is 0. The fourth-order valence-electron chi connectivity index (χ4n) is 1.28. The third-order valence-corrected chi connectivity index (χ3v) is 2.17. The first kappa shape index (κ1) is 24.1. The maximum Gasteiger partial charge on any atom is 0.422 e. The quantitative estimate of drug-likeness (QED) is 0.254. The van der Waals surface area contributed by atoms with Gasteiger partial charge in [0.2, 0.25) is 0 Å². The zero-order valence-corrected chi connectivity index (χ0v) is 14.3. The molecule has 0 atom stereocenters. The molecule has 0 fully saturated rings. The number of rotatable bonds is 4. The minimum atomic E-state index is -4.70. The number of alkyl halides is 3. The lowest BCUT2D eigenvalue weighted by Crippen LogP contribution is -2.23. The third-order valence-electron chi connectivity index (χ3n) is 2.17. The van der Waals surface area contributed by atoms with Crippen molar-refractivity contribution in [2.24, 2.45) is 0 Å². The molecular formula is C17H22F4O3. The van der Waals surface area contributed by atoms with Crippen LogP contribution in [-0.2, 0) is 14.3 Å². The summed E-state index contributed by atoms with van der Waals surface area (Å²) in [6.45, 7) is 7.16. The predicted octanol–water partition coefficient (Wildman–Crippen LogP) is 4.96. The van der Waals surface area contributed by atoms with Gasteiger partial charge in [0, 0.05) is 5.56 Å². The molecule has 136 valence electrons. The van der Waals surface area contributed by atoms with Gasteiger partial charge in [-0.05, 0) is 19.1 Å². The van der Waals surface area contributed by atoms with Gasteiger partial charge in [-0.3, -0.25) is 4.79 Å². The van der Waals surface area contributed by atoms with Crippen molar-refractivity contribution in [2.75, 3.05) is 6.61 Å². The molecule has 1 aromatic carbocycles. The minimum absolute atomic E-state index is 0.0957. The van der Waals surface area contributed by atoms with Gasteiger partial charge in [-0.1, -0.05) is 45.9 Å². The van der Waals surface area contributed by atoms with E-state index in [9.17, 15) is 27.2 Å². The van der Waals surface area contributed by atoms with Gasteiger partial charge in [0.25, 0.3) is 0 Å². The summed E-state index contributed by atoms with van der Waals surface area (Å²) in [5.74, 6) is -2.98. The SMILES string of the molecule is CC.CC.CC(=O)/C(=C\c1ccccc1F)C(=O)OCC(F)(F)F. The van der Waals surface area contributed by atoms with Crippen molar-refractivity contribution in [1.29, 1.82) is 0 Å². The highest BCUT2D eigenvalue weighted by atomic mass is 19.4. The molecule has 0 aromatic heterocycles. The van der Waals surface area contributed by atoms with Gasteiger partial charge in [0.15, 0.2) is 12.4 Å². The standard InChI is InChI=1S/C13H10F4O3.2C2H6/c1-8(18)10(12(19)20-7-13(15,16)17)6-9-4-2-3-5-11(9)14;2*1-2/h2-6H,7H2,1H3;2*1-2H3/b10-6+;;. The molecule has 0 aliphatic heterocycles. The van der Waals surface area contributed by atoms with E-state index in [1.54, 1.807) is 0 Å². The Balaban J connectivity index is 0. The molecule has 0 bridgehead atoms. The normalized spacial score (nSPS) is 10.6. The molecule has 0 aliphatic carbocycles. The van der Waals surface area contributed by atoms with Crippen molar-refractivity contribution in [3.05, 3.63) is 41.2 Å². The first-order valence-corrected chi connectivity index (χ1v) is 7.42. The van der Waals surface area contributed by atoms with Crippen LogP contribution < -0.4 is 0 Å². The Morgan fingerprint density at radius 1 is 1.08 bits per heavy atom. The lowest BCUT2D eigenvalue weighted by molar-refractivity contribution is -0.183. The summed E-state index contributed by atoms with van der Waals surface area (Å²) in [5.41, 5.74) is -0.749. The molecule has 0 spiro atoms. The first-order chi connectivity index (χ1) is 11.2. The molecule has 0 unspecified atom stereocenters. The van der Waals surface area contributed by atoms with Crippen LogP contribution >= 0.6 is 0 Å². The van der Waals surface area contributed by atoms with Gasteiger partial charge in [-0.25, -0.2) is 9.18 Å². The number of ether oxygens (including phenoxy) is 1. The third kappa shape index (κ3) is 9.76. The fourth-order valence-corrected chi connectivity index (χ4v) is 1.28. The van der Waals surface area contributed by atoms with E-state index in [-0.39, 0.29) is 5.56 Å². The number of halogens is 4. The highest BCUT2D eigenvalue weighted by Gasteiger charge is 2.30. The summed E-state index contributed by atoms with van der Waals surface area (Å²) in [6, 6.07) is 5.20. The van der Waals surface area contributed by atoms with E-state index in [0.717, 1.165) is 19.1 Å². The largest absolute Gasteiger partial charge is 0.452 e. The molecule has 0 saturated carbocycles. The molecule has 0 aliphatic rings. The number of hydrogen-bond donors (Lipinski definition) is 0. The Morgan fingerprint density at radius 2 is 1.58 bits per heavy atom. The highest BCUT2D eigenvalue weighted by Crippen LogP contribution is 2.17. The van der Waals surface area contributed by atoms with E-state index in [2.05, 4.69) is 4.74 Å². The van der Waals surface area contributed by atoms with Gasteiger partial charge in [0.1, 0.15) is 11.4 Å². The highest BCUT2D eigenvalue weighted by molar-refractivity contribution is 6.19. The predicted molar refractivity (Wildman–Crippen MR) is 84.8 cm³/mol. The molecule has 0 amide bonds. The van der Waals surface area contributed by atoms with Crippen LogP contribution in [0.25, 0.3) is 6.08 Å². The van der Waals surface area contributed by atoms with Crippen LogP contribution in [0.1, 0.15) is 40.2 Å². The number of carbonyl (C=O) groups is 2. The van der Waals surface area contributed by atoms with Gasteiger partial charge in [0.05, 0.1) is 0 Å². The minimum Gasteiger partial charge on any atom is -0.452 e. The monoisotopic (exact) mass is 350 g/mol.